The first-order valence-electron chi connectivity index (χ1n) is 7.46. The lowest BCUT2D eigenvalue weighted by molar-refractivity contribution is -0.129. The lowest BCUT2D eigenvalue weighted by Crippen LogP contribution is -2.35. The number of aromatic nitrogens is 2. The number of nitrogens with zero attached hydrogens (tertiary/aromatic N) is 3. The molecule has 0 unspecified atom stereocenters. The van der Waals surface area contributed by atoms with Crippen molar-refractivity contribution in [3.63, 3.8) is 0 Å². The van der Waals surface area contributed by atoms with Crippen molar-refractivity contribution in [3.8, 4) is 0 Å². The van der Waals surface area contributed by atoms with Crippen molar-refractivity contribution in [2.45, 2.75) is 27.3 Å². The van der Waals surface area contributed by atoms with E-state index >= 15 is 0 Å². The second-order valence-electron chi connectivity index (χ2n) is 5.19. The van der Waals surface area contributed by atoms with Crippen LogP contribution < -0.4 is 5.32 Å². The topological polar surface area (TPSA) is 58.1 Å². The number of nitrogens with one attached hydrogen (secondary N) is 1. The zero-order valence-electron chi connectivity index (χ0n) is 13.3. The van der Waals surface area contributed by atoms with E-state index in [1.165, 1.54) is 0 Å². The predicted molar refractivity (Wildman–Crippen MR) is 87.5 cm³/mol. The van der Waals surface area contributed by atoms with Crippen LogP contribution >= 0.6 is 0 Å². The minimum Gasteiger partial charge on any atom is -0.359 e. The Kier molecular flexibility index (Phi) is 5.47. The number of rotatable bonds is 6. The maximum atomic E-state index is 12.4. The summed E-state index contributed by atoms with van der Waals surface area (Å²) in [6, 6.07) is 10.00. The largest absolute Gasteiger partial charge is 0.359 e. The van der Waals surface area contributed by atoms with Gasteiger partial charge in [0.1, 0.15) is 5.82 Å². The number of hydrogen-bond acceptors (Lipinski definition) is 4. The van der Waals surface area contributed by atoms with Crippen molar-refractivity contribution in [1.82, 2.24) is 14.9 Å². The molecule has 5 heteroatoms. The van der Waals surface area contributed by atoms with Crippen LogP contribution in [-0.4, -0.2) is 33.9 Å². The molecule has 22 heavy (non-hydrogen) atoms. The minimum absolute atomic E-state index is 0.0501. The van der Waals surface area contributed by atoms with E-state index in [9.17, 15) is 4.79 Å². The number of benzene rings is 1. The molecule has 1 aromatic heterocycles. The standard InChI is InChI=1S/C17H22N4O/c1-4-21(12-15-8-6-5-7-9-15)16(22)11-19-17-14(3)18-10-13(2)20-17/h5-10H,4,11-12H2,1-3H3,(H,19,20). The van der Waals surface area contributed by atoms with E-state index in [1.54, 1.807) is 6.20 Å². The Bertz CT molecular complexity index is 628. The van der Waals surface area contributed by atoms with E-state index in [4.69, 9.17) is 0 Å². The maximum Gasteiger partial charge on any atom is 0.242 e. The molecule has 2 rings (SSSR count). The predicted octanol–water partition coefficient (Wildman–Crippen LogP) is 2.55. The summed E-state index contributed by atoms with van der Waals surface area (Å²) in [4.78, 5) is 22.8. The number of amides is 1. The number of carbonyl (C=O) groups excluding carboxylic acids is 1. The summed E-state index contributed by atoms with van der Waals surface area (Å²) in [6.45, 7) is 7.26. The van der Waals surface area contributed by atoms with Gasteiger partial charge in [-0.2, -0.15) is 0 Å². The van der Waals surface area contributed by atoms with Crippen LogP contribution in [0.25, 0.3) is 0 Å². The van der Waals surface area contributed by atoms with Crippen LogP contribution in [0, 0.1) is 13.8 Å². The van der Waals surface area contributed by atoms with Gasteiger partial charge in [-0.15, -0.1) is 0 Å². The second-order valence-corrected chi connectivity index (χ2v) is 5.19. The maximum absolute atomic E-state index is 12.4. The van der Waals surface area contributed by atoms with E-state index in [0.717, 1.165) is 17.0 Å². The third-order valence-corrected chi connectivity index (χ3v) is 3.43. The molecule has 0 saturated carbocycles. The third-order valence-electron chi connectivity index (χ3n) is 3.43. The van der Waals surface area contributed by atoms with Crippen LogP contribution in [0.2, 0.25) is 0 Å². The lowest BCUT2D eigenvalue weighted by Gasteiger charge is -2.21. The summed E-state index contributed by atoms with van der Waals surface area (Å²) in [5.41, 5.74) is 2.76. The molecule has 0 aliphatic carbocycles. The smallest absolute Gasteiger partial charge is 0.242 e. The van der Waals surface area contributed by atoms with E-state index < -0.39 is 0 Å². The van der Waals surface area contributed by atoms with Crippen molar-refractivity contribution >= 4 is 11.7 Å². The average Bonchev–Trinajstić information content (AvgIpc) is 2.54. The molecule has 5 nitrogen and oxygen atoms in total. The first-order valence-corrected chi connectivity index (χ1v) is 7.46. The van der Waals surface area contributed by atoms with Crippen LogP contribution in [-0.2, 0) is 11.3 Å². The van der Waals surface area contributed by atoms with Gasteiger partial charge in [0.25, 0.3) is 0 Å². The molecule has 1 amide bonds. The first kappa shape index (κ1) is 15.9. The van der Waals surface area contributed by atoms with Gasteiger partial charge in [0.15, 0.2) is 0 Å². The van der Waals surface area contributed by atoms with Gasteiger partial charge >= 0.3 is 0 Å². The second kappa shape index (κ2) is 7.54. The SMILES string of the molecule is CCN(Cc1ccccc1)C(=O)CNc1nc(C)cnc1C. The van der Waals surface area contributed by atoms with Gasteiger partial charge in [-0.05, 0) is 26.3 Å². The summed E-state index contributed by atoms with van der Waals surface area (Å²) >= 11 is 0. The van der Waals surface area contributed by atoms with Crippen molar-refractivity contribution in [1.29, 1.82) is 0 Å². The Labute approximate surface area is 131 Å². The fraction of sp³-hybridized carbons (Fsp3) is 0.353. The Hall–Kier alpha value is -2.43. The highest BCUT2D eigenvalue weighted by Gasteiger charge is 2.13. The highest BCUT2D eigenvalue weighted by Crippen LogP contribution is 2.09. The van der Waals surface area contributed by atoms with E-state index in [0.29, 0.717) is 18.9 Å². The Morgan fingerprint density at radius 2 is 1.95 bits per heavy atom. The molecule has 1 heterocycles. The number of likely N-dealkylation sites (N-methyl/N-ethyl adjacent to an activating group) is 1. The molecule has 0 aliphatic rings. The van der Waals surface area contributed by atoms with Crippen LogP contribution in [0.3, 0.4) is 0 Å². The van der Waals surface area contributed by atoms with Crippen LogP contribution in [0.5, 0.6) is 0 Å². The monoisotopic (exact) mass is 298 g/mol. The van der Waals surface area contributed by atoms with Crippen LogP contribution in [0.1, 0.15) is 23.9 Å². The zero-order valence-corrected chi connectivity index (χ0v) is 13.3. The number of carbonyl (C=O) groups is 1. The molecule has 2 aromatic rings. The van der Waals surface area contributed by atoms with Gasteiger partial charge in [-0.25, -0.2) is 4.98 Å². The zero-order chi connectivity index (χ0) is 15.9. The van der Waals surface area contributed by atoms with Gasteiger partial charge in [-0.3, -0.25) is 9.78 Å². The van der Waals surface area contributed by atoms with E-state index in [1.807, 2.05) is 56.0 Å². The molecule has 0 spiro atoms. The van der Waals surface area contributed by atoms with Crippen molar-refractivity contribution in [2.75, 3.05) is 18.4 Å². The van der Waals surface area contributed by atoms with E-state index in [-0.39, 0.29) is 12.5 Å². The first-order chi connectivity index (χ1) is 10.6. The molecule has 0 fully saturated rings. The molecule has 116 valence electrons. The number of aryl methyl sites for hydroxylation is 2. The van der Waals surface area contributed by atoms with Crippen LogP contribution in [0.15, 0.2) is 36.5 Å². The summed E-state index contributed by atoms with van der Waals surface area (Å²) in [7, 11) is 0. The molecule has 1 aromatic carbocycles. The van der Waals surface area contributed by atoms with Gasteiger partial charge in [0.2, 0.25) is 5.91 Å². The number of hydrogen-bond donors (Lipinski definition) is 1. The van der Waals surface area contributed by atoms with Gasteiger partial charge < -0.3 is 10.2 Å². The summed E-state index contributed by atoms with van der Waals surface area (Å²) in [5.74, 6) is 0.721. The van der Waals surface area contributed by atoms with E-state index in [2.05, 4.69) is 15.3 Å². The number of anilines is 1. The van der Waals surface area contributed by atoms with Crippen molar-refractivity contribution < 1.29 is 4.79 Å². The van der Waals surface area contributed by atoms with Gasteiger partial charge in [0, 0.05) is 19.3 Å². The summed E-state index contributed by atoms with van der Waals surface area (Å²) in [6.07, 6.45) is 1.72. The third kappa shape index (κ3) is 4.28. The minimum atomic E-state index is 0.0501. The summed E-state index contributed by atoms with van der Waals surface area (Å²) in [5, 5.41) is 3.09. The van der Waals surface area contributed by atoms with Crippen molar-refractivity contribution in [2.24, 2.45) is 0 Å². The average molecular weight is 298 g/mol. The fourth-order valence-corrected chi connectivity index (χ4v) is 2.16. The molecule has 0 atom stereocenters. The Morgan fingerprint density at radius 3 is 2.64 bits per heavy atom. The molecule has 0 saturated heterocycles. The normalized spacial score (nSPS) is 10.3. The highest BCUT2D eigenvalue weighted by atomic mass is 16.2. The quantitative estimate of drug-likeness (QED) is 0.890. The van der Waals surface area contributed by atoms with Gasteiger partial charge in [-0.1, -0.05) is 30.3 Å². The highest BCUT2D eigenvalue weighted by molar-refractivity contribution is 5.80. The fourth-order valence-electron chi connectivity index (χ4n) is 2.16. The molecule has 0 aliphatic heterocycles. The molecular weight excluding hydrogens is 276 g/mol. The Balaban J connectivity index is 1.96. The molecule has 1 N–H and O–H groups in total. The molecule has 0 bridgehead atoms. The van der Waals surface area contributed by atoms with Crippen molar-refractivity contribution in [3.05, 3.63) is 53.5 Å². The molecular formula is C17H22N4O. The van der Waals surface area contributed by atoms with Crippen LogP contribution in [0.4, 0.5) is 5.82 Å². The molecule has 0 radical (unpaired) electrons. The summed E-state index contributed by atoms with van der Waals surface area (Å²) < 4.78 is 0. The lowest BCUT2D eigenvalue weighted by atomic mass is 10.2. The Morgan fingerprint density at radius 1 is 1.23 bits per heavy atom. The van der Waals surface area contributed by atoms with Gasteiger partial charge in [0.05, 0.1) is 17.9 Å².